The van der Waals surface area contributed by atoms with Crippen LogP contribution in [0.25, 0.3) is 11.3 Å². The first-order valence-electron chi connectivity index (χ1n) is 11.9. The van der Waals surface area contributed by atoms with E-state index in [1.165, 1.54) is 12.1 Å². The minimum Gasteiger partial charge on any atom is -0.457 e. The zero-order valence-corrected chi connectivity index (χ0v) is 20.3. The quantitative estimate of drug-likeness (QED) is 0.371. The maximum atomic E-state index is 13.2. The number of hydrogen-bond acceptors (Lipinski definition) is 6. The van der Waals surface area contributed by atoms with Gasteiger partial charge in [0.05, 0.1) is 11.4 Å². The molecule has 1 saturated heterocycles. The van der Waals surface area contributed by atoms with Gasteiger partial charge in [0.2, 0.25) is 0 Å². The van der Waals surface area contributed by atoms with Gasteiger partial charge in [0.15, 0.2) is 0 Å². The predicted octanol–water partition coefficient (Wildman–Crippen LogP) is 5.24. The van der Waals surface area contributed by atoms with Gasteiger partial charge in [-0.15, -0.1) is 0 Å². The Bertz CT molecular complexity index is 1320. The van der Waals surface area contributed by atoms with Crippen molar-refractivity contribution in [2.24, 2.45) is 0 Å². The van der Waals surface area contributed by atoms with Gasteiger partial charge in [-0.2, -0.15) is 0 Å². The molecule has 36 heavy (non-hydrogen) atoms. The van der Waals surface area contributed by atoms with Gasteiger partial charge in [0.25, 0.3) is 5.91 Å². The lowest BCUT2D eigenvalue weighted by Gasteiger charge is -2.34. The number of aromatic nitrogens is 2. The van der Waals surface area contributed by atoms with Crippen LogP contribution < -0.4 is 4.74 Å². The van der Waals surface area contributed by atoms with Crippen LogP contribution in [-0.2, 0) is 6.54 Å². The molecule has 0 unspecified atom stereocenters. The van der Waals surface area contributed by atoms with Crippen molar-refractivity contribution >= 4 is 5.91 Å². The molecule has 7 nitrogen and oxygen atoms in total. The third-order valence-corrected chi connectivity index (χ3v) is 6.39. The van der Waals surface area contributed by atoms with E-state index in [1.807, 2.05) is 55.1 Å². The maximum absolute atomic E-state index is 13.2. The summed E-state index contributed by atoms with van der Waals surface area (Å²) < 4.78 is 24.1. The second-order valence-corrected chi connectivity index (χ2v) is 8.86. The van der Waals surface area contributed by atoms with Crippen LogP contribution in [-0.4, -0.2) is 52.0 Å². The summed E-state index contributed by atoms with van der Waals surface area (Å²) in [4.78, 5) is 22.0. The van der Waals surface area contributed by atoms with Crippen molar-refractivity contribution in [1.82, 2.24) is 19.9 Å². The number of aryl methyl sites for hydroxylation is 2. The summed E-state index contributed by atoms with van der Waals surface area (Å²) in [7, 11) is 0. The molecular weight excluding hydrogens is 459 g/mol. The molecule has 0 spiro atoms. The Labute approximate surface area is 209 Å². The number of piperazine rings is 1. The average Bonchev–Trinajstić information content (AvgIpc) is 3.23. The van der Waals surface area contributed by atoms with Crippen molar-refractivity contribution in [2.45, 2.75) is 20.4 Å². The number of halogens is 1. The Morgan fingerprint density at radius 3 is 2.25 bits per heavy atom. The fraction of sp³-hybridized carbons (Fsp3) is 0.250. The molecule has 2 aromatic carbocycles. The van der Waals surface area contributed by atoms with E-state index in [4.69, 9.17) is 9.26 Å². The van der Waals surface area contributed by atoms with E-state index in [0.717, 1.165) is 42.2 Å². The van der Waals surface area contributed by atoms with Crippen molar-refractivity contribution in [3.8, 4) is 22.8 Å². The standard InChI is InChI=1S/C28H27FN4O3/c1-19-25(20(2)36-31-19)18-32-14-16-33(17-15-32)28(34)27-5-3-4-26(30-27)21-6-10-23(11-7-21)35-24-12-8-22(29)9-13-24/h3-13H,14-18H2,1-2H3. The summed E-state index contributed by atoms with van der Waals surface area (Å²) in [5.41, 5.74) is 4.06. The Morgan fingerprint density at radius 1 is 0.944 bits per heavy atom. The third kappa shape index (κ3) is 5.28. The molecule has 0 bridgehead atoms. The van der Waals surface area contributed by atoms with Crippen LogP contribution >= 0.6 is 0 Å². The lowest BCUT2D eigenvalue weighted by atomic mass is 10.1. The van der Waals surface area contributed by atoms with E-state index < -0.39 is 0 Å². The van der Waals surface area contributed by atoms with Gasteiger partial charge in [-0.3, -0.25) is 9.69 Å². The second kappa shape index (κ2) is 10.3. The van der Waals surface area contributed by atoms with Crippen molar-refractivity contribution < 1.29 is 18.4 Å². The highest BCUT2D eigenvalue weighted by Gasteiger charge is 2.24. The summed E-state index contributed by atoms with van der Waals surface area (Å²) in [6.45, 7) is 7.51. The normalized spacial score (nSPS) is 14.1. The highest BCUT2D eigenvalue weighted by Crippen LogP contribution is 2.25. The van der Waals surface area contributed by atoms with Gasteiger partial charge in [-0.05, 0) is 74.5 Å². The Kier molecular flexibility index (Phi) is 6.77. The molecular formula is C28H27FN4O3. The number of carbonyl (C=O) groups excluding carboxylic acids is 1. The summed E-state index contributed by atoms with van der Waals surface area (Å²) in [6.07, 6.45) is 0. The molecule has 1 fully saturated rings. The van der Waals surface area contributed by atoms with Gasteiger partial charge in [-0.25, -0.2) is 9.37 Å². The van der Waals surface area contributed by atoms with E-state index in [0.29, 0.717) is 36.0 Å². The summed E-state index contributed by atoms with van der Waals surface area (Å²) in [5.74, 6) is 1.66. The minimum absolute atomic E-state index is 0.0647. The second-order valence-electron chi connectivity index (χ2n) is 8.86. The molecule has 184 valence electrons. The molecule has 5 rings (SSSR count). The smallest absolute Gasteiger partial charge is 0.272 e. The van der Waals surface area contributed by atoms with Gasteiger partial charge in [0, 0.05) is 43.9 Å². The SMILES string of the molecule is Cc1noc(C)c1CN1CCN(C(=O)c2cccc(-c3ccc(Oc4ccc(F)cc4)cc3)n2)CC1. The molecule has 1 amide bonds. The van der Waals surface area contributed by atoms with Crippen LogP contribution in [0.3, 0.4) is 0 Å². The number of carbonyl (C=O) groups is 1. The van der Waals surface area contributed by atoms with Crippen molar-refractivity contribution in [3.63, 3.8) is 0 Å². The predicted molar refractivity (Wildman–Crippen MR) is 133 cm³/mol. The van der Waals surface area contributed by atoms with Gasteiger partial charge in [0.1, 0.15) is 28.8 Å². The van der Waals surface area contributed by atoms with Crippen LogP contribution in [0.4, 0.5) is 4.39 Å². The Balaban J connectivity index is 1.21. The van der Waals surface area contributed by atoms with Crippen LogP contribution in [0.15, 0.2) is 71.3 Å². The molecule has 0 saturated carbocycles. The lowest BCUT2D eigenvalue weighted by molar-refractivity contribution is 0.0622. The van der Waals surface area contributed by atoms with Crippen molar-refractivity contribution in [3.05, 3.63) is 95.3 Å². The highest BCUT2D eigenvalue weighted by atomic mass is 19.1. The summed E-state index contributed by atoms with van der Waals surface area (Å²) >= 11 is 0. The van der Waals surface area contributed by atoms with E-state index >= 15 is 0 Å². The van der Waals surface area contributed by atoms with Gasteiger partial charge >= 0.3 is 0 Å². The van der Waals surface area contributed by atoms with Crippen LogP contribution in [0.1, 0.15) is 27.5 Å². The first-order chi connectivity index (χ1) is 17.5. The fourth-order valence-electron chi connectivity index (χ4n) is 4.27. The van der Waals surface area contributed by atoms with Gasteiger partial charge < -0.3 is 14.2 Å². The fourth-order valence-corrected chi connectivity index (χ4v) is 4.27. The Hall–Kier alpha value is -4.04. The average molecular weight is 487 g/mol. The monoisotopic (exact) mass is 486 g/mol. The highest BCUT2D eigenvalue weighted by molar-refractivity contribution is 5.93. The zero-order valence-electron chi connectivity index (χ0n) is 20.3. The number of hydrogen-bond donors (Lipinski definition) is 0. The molecule has 4 aromatic rings. The van der Waals surface area contributed by atoms with E-state index in [-0.39, 0.29) is 11.7 Å². The molecule has 0 radical (unpaired) electrons. The van der Waals surface area contributed by atoms with E-state index in [9.17, 15) is 9.18 Å². The number of nitrogens with zero attached hydrogens (tertiary/aromatic N) is 4. The molecule has 8 heteroatoms. The molecule has 2 aromatic heterocycles. The van der Waals surface area contributed by atoms with Crippen molar-refractivity contribution in [2.75, 3.05) is 26.2 Å². The van der Waals surface area contributed by atoms with Crippen molar-refractivity contribution in [1.29, 1.82) is 0 Å². The summed E-state index contributed by atoms with van der Waals surface area (Å²) in [5, 5.41) is 4.03. The molecule has 1 aliphatic heterocycles. The van der Waals surface area contributed by atoms with E-state index in [1.54, 1.807) is 18.2 Å². The molecule has 0 atom stereocenters. The largest absolute Gasteiger partial charge is 0.457 e. The topological polar surface area (TPSA) is 71.7 Å². The number of rotatable bonds is 6. The maximum Gasteiger partial charge on any atom is 0.272 e. The lowest BCUT2D eigenvalue weighted by Crippen LogP contribution is -2.48. The first kappa shape index (κ1) is 23.7. The molecule has 1 aliphatic rings. The van der Waals surface area contributed by atoms with Crippen LogP contribution in [0.5, 0.6) is 11.5 Å². The number of pyridine rings is 1. The third-order valence-electron chi connectivity index (χ3n) is 6.39. The zero-order chi connectivity index (χ0) is 25.1. The van der Waals surface area contributed by atoms with Gasteiger partial charge in [-0.1, -0.05) is 11.2 Å². The van der Waals surface area contributed by atoms with Crippen LogP contribution in [0.2, 0.25) is 0 Å². The molecule has 3 heterocycles. The minimum atomic E-state index is -0.308. The number of amides is 1. The first-order valence-corrected chi connectivity index (χ1v) is 11.9. The Morgan fingerprint density at radius 2 is 1.61 bits per heavy atom. The molecule has 0 aliphatic carbocycles. The number of benzene rings is 2. The summed E-state index contributed by atoms with van der Waals surface area (Å²) in [6, 6.07) is 18.8. The van der Waals surface area contributed by atoms with E-state index in [2.05, 4.69) is 15.0 Å². The number of ether oxygens (including phenoxy) is 1. The van der Waals surface area contributed by atoms with Crippen LogP contribution in [0, 0.1) is 19.7 Å². The molecule has 0 N–H and O–H groups in total.